The molecule has 1 saturated carbocycles. The first kappa shape index (κ1) is 25.1. The van der Waals surface area contributed by atoms with Gasteiger partial charge in [-0.2, -0.15) is 10.1 Å². The van der Waals surface area contributed by atoms with Gasteiger partial charge in [0.15, 0.2) is 5.65 Å². The average Bonchev–Trinajstić information content (AvgIpc) is 3.63. The third-order valence-corrected chi connectivity index (χ3v) is 6.99. The van der Waals surface area contributed by atoms with Gasteiger partial charge in [-0.3, -0.25) is 9.48 Å². The first-order chi connectivity index (χ1) is 18.8. The zero-order chi connectivity index (χ0) is 27.3. The summed E-state index contributed by atoms with van der Waals surface area (Å²) in [6.45, 7) is 6.21. The van der Waals surface area contributed by atoms with Crippen molar-refractivity contribution in [3.05, 3.63) is 65.1 Å². The maximum absolute atomic E-state index is 15.1. The summed E-state index contributed by atoms with van der Waals surface area (Å²) in [7, 11) is 0. The predicted octanol–water partition coefficient (Wildman–Crippen LogP) is 4.98. The number of nitrogens with zero attached hydrogens (tertiary/aromatic N) is 6. The molecule has 198 valence electrons. The van der Waals surface area contributed by atoms with Crippen LogP contribution in [0.3, 0.4) is 0 Å². The molecule has 8 nitrogen and oxygen atoms in total. The van der Waals surface area contributed by atoms with Crippen molar-refractivity contribution in [3.8, 4) is 23.1 Å². The predicted molar refractivity (Wildman–Crippen MR) is 141 cm³/mol. The van der Waals surface area contributed by atoms with Crippen LogP contribution in [0.1, 0.15) is 60.5 Å². The third-order valence-electron chi connectivity index (χ3n) is 6.99. The number of carbonyl (C=O) groups is 1. The van der Waals surface area contributed by atoms with Crippen molar-refractivity contribution in [1.82, 2.24) is 24.7 Å². The van der Waals surface area contributed by atoms with Gasteiger partial charge in [-0.25, -0.2) is 18.7 Å². The summed E-state index contributed by atoms with van der Waals surface area (Å²) in [5.41, 5.74) is 2.30. The fourth-order valence-corrected chi connectivity index (χ4v) is 4.93. The molecule has 0 bridgehead atoms. The number of pyridine rings is 1. The van der Waals surface area contributed by atoms with E-state index >= 15 is 4.39 Å². The van der Waals surface area contributed by atoms with Gasteiger partial charge in [0.05, 0.1) is 41.8 Å². The normalized spacial score (nSPS) is 19.2. The molecule has 4 heterocycles. The van der Waals surface area contributed by atoms with Crippen molar-refractivity contribution in [1.29, 1.82) is 0 Å². The Morgan fingerprint density at radius 2 is 1.95 bits per heavy atom. The van der Waals surface area contributed by atoms with Crippen LogP contribution in [-0.2, 0) is 4.74 Å². The van der Waals surface area contributed by atoms with E-state index in [0.717, 1.165) is 24.5 Å². The maximum Gasteiger partial charge on any atom is 0.237 e. The molecular weight excluding hydrogens is 502 g/mol. The van der Waals surface area contributed by atoms with Crippen molar-refractivity contribution < 1.29 is 18.3 Å². The second kappa shape index (κ2) is 9.82. The number of rotatable bonds is 5. The van der Waals surface area contributed by atoms with Crippen LogP contribution in [0.25, 0.3) is 22.3 Å². The zero-order valence-electron chi connectivity index (χ0n) is 21.8. The molecule has 39 heavy (non-hydrogen) atoms. The Kier molecular flexibility index (Phi) is 6.31. The van der Waals surface area contributed by atoms with E-state index in [1.165, 1.54) is 12.1 Å². The van der Waals surface area contributed by atoms with Gasteiger partial charge in [-0.05, 0) is 57.7 Å². The van der Waals surface area contributed by atoms with Crippen molar-refractivity contribution in [2.45, 2.75) is 51.9 Å². The topological polar surface area (TPSA) is 86.0 Å². The molecule has 1 aliphatic heterocycles. The highest BCUT2D eigenvalue weighted by Crippen LogP contribution is 2.36. The molecule has 10 heteroatoms. The van der Waals surface area contributed by atoms with Crippen LogP contribution in [0.5, 0.6) is 0 Å². The zero-order valence-corrected chi connectivity index (χ0v) is 21.8. The van der Waals surface area contributed by atoms with E-state index in [1.807, 2.05) is 28.9 Å². The number of hydrogen-bond acceptors (Lipinski definition) is 7. The molecule has 0 amide bonds. The smallest absolute Gasteiger partial charge is 0.237 e. The first-order valence-electron chi connectivity index (χ1n) is 12.9. The van der Waals surface area contributed by atoms with Gasteiger partial charge in [-0.15, -0.1) is 0 Å². The second-order valence-electron chi connectivity index (χ2n) is 10.0. The van der Waals surface area contributed by atoms with Crippen molar-refractivity contribution >= 4 is 22.8 Å². The number of ketones is 1. The monoisotopic (exact) mass is 528 g/mol. The number of aromatic nitrogens is 5. The van der Waals surface area contributed by atoms with Crippen molar-refractivity contribution in [2.75, 3.05) is 18.0 Å². The third kappa shape index (κ3) is 4.86. The minimum Gasteiger partial charge on any atom is -0.367 e. The molecule has 2 fully saturated rings. The van der Waals surface area contributed by atoms with E-state index in [2.05, 4.69) is 21.9 Å². The van der Waals surface area contributed by atoms with Crippen LogP contribution in [-0.4, -0.2) is 49.7 Å². The number of ether oxygens (including phenoxy) is 1. The van der Waals surface area contributed by atoms with Gasteiger partial charge in [0, 0.05) is 35.3 Å². The fraction of sp³-hybridized carbons (Fsp3) is 0.345. The second-order valence-corrected chi connectivity index (χ2v) is 10.0. The largest absolute Gasteiger partial charge is 0.367 e. The van der Waals surface area contributed by atoms with Gasteiger partial charge in [0.1, 0.15) is 17.7 Å². The molecule has 0 spiro atoms. The molecule has 0 radical (unpaired) electrons. The van der Waals surface area contributed by atoms with Crippen molar-refractivity contribution in [2.24, 2.45) is 0 Å². The Hall–Kier alpha value is -4.23. The number of hydrogen-bond donors (Lipinski definition) is 0. The fourth-order valence-electron chi connectivity index (χ4n) is 4.93. The highest BCUT2D eigenvalue weighted by molar-refractivity contribution is 6.11. The van der Waals surface area contributed by atoms with Gasteiger partial charge in [0.25, 0.3) is 0 Å². The number of carbonyl (C=O) groups excluding carboxylic acids is 1. The summed E-state index contributed by atoms with van der Waals surface area (Å²) in [6, 6.07) is 5.36. The highest BCUT2D eigenvalue weighted by atomic mass is 19.1. The number of Topliss-reactive ketones (excluding diaryl/α,β-unsaturated/α-hetero) is 1. The Morgan fingerprint density at radius 1 is 1.13 bits per heavy atom. The standard InChI is InChI=1S/C29H26F2N6O2/c1-4-5-25(38)22-11-23-27(21-9-6-19(30)10-24(21)31)34-29(35-28(23)33-17(22)3)36-13-16(2)39-26(15-36)18-12-32-37(14-18)20-7-8-20/h6,9-12,14,16,20,26H,7-8,13,15H2,1-3H3/t16-,26-/m1/s1. The lowest BCUT2D eigenvalue weighted by atomic mass is 10.0. The number of morpholine rings is 1. The molecule has 6 rings (SSSR count). The summed E-state index contributed by atoms with van der Waals surface area (Å²) in [5, 5.41) is 4.88. The van der Waals surface area contributed by atoms with E-state index in [1.54, 1.807) is 19.9 Å². The molecule has 1 saturated heterocycles. The maximum atomic E-state index is 15.1. The molecule has 1 aliphatic carbocycles. The van der Waals surface area contributed by atoms with Gasteiger partial charge in [0.2, 0.25) is 11.7 Å². The number of halogens is 2. The van der Waals surface area contributed by atoms with E-state index < -0.39 is 17.4 Å². The van der Waals surface area contributed by atoms with Crippen LogP contribution >= 0.6 is 0 Å². The van der Waals surface area contributed by atoms with Gasteiger partial charge < -0.3 is 9.64 Å². The molecule has 0 N–H and O–H groups in total. The first-order valence-corrected chi connectivity index (χ1v) is 12.9. The van der Waals surface area contributed by atoms with Crippen LogP contribution in [0.15, 0.2) is 36.7 Å². The lowest BCUT2D eigenvalue weighted by Crippen LogP contribution is -2.43. The molecule has 4 aromatic rings. The van der Waals surface area contributed by atoms with Gasteiger partial charge in [-0.1, -0.05) is 5.92 Å². The molecule has 3 aromatic heterocycles. The number of benzene rings is 1. The van der Waals surface area contributed by atoms with Crippen LogP contribution < -0.4 is 4.90 Å². The van der Waals surface area contributed by atoms with E-state index in [-0.39, 0.29) is 29.0 Å². The number of fused-ring (bicyclic) bond motifs is 1. The van der Waals surface area contributed by atoms with E-state index in [9.17, 15) is 9.18 Å². The van der Waals surface area contributed by atoms with E-state index in [0.29, 0.717) is 41.8 Å². The molecule has 1 aromatic carbocycles. The Balaban J connectivity index is 1.46. The molecule has 2 aliphatic rings. The summed E-state index contributed by atoms with van der Waals surface area (Å²) < 4.78 is 37.1. The lowest BCUT2D eigenvalue weighted by molar-refractivity contribution is -0.0178. The minimum absolute atomic E-state index is 0.0826. The van der Waals surface area contributed by atoms with Crippen LogP contribution in [0.2, 0.25) is 0 Å². The summed E-state index contributed by atoms with van der Waals surface area (Å²) in [4.78, 5) is 28.7. The van der Waals surface area contributed by atoms with Crippen molar-refractivity contribution in [3.63, 3.8) is 0 Å². The Bertz CT molecular complexity index is 1670. The minimum atomic E-state index is -0.775. The number of anilines is 1. The Morgan fingerprint density at radius 3 is 2.69 bits per heavy atom. The number of aryl methyl sites for hydroxylation is 1. The van der Waals surface area contributed by atoms with Crippen LogP contribution in [0.4, 0.5) is 14.7 Å². The molecular formula is C29H26F2N6O2. The summed E-state index contributed by atoms with van der Waals surface area (Å²) in [6.07, 6.45) is 5.74. The average molecular weight is 529 g/mol. The van der Waals surface area contributed by atoms with E-state index in [4.69, 9.17) is 14.7 Å². The van der Waals surface area contributed by atoms with Gasteiger partial charge >= 0.3 is 0 Å². The van der Waals surface area contributed by atoms with Crippen LogP contribution in [0, 0.1) is 30.4 Å². The lowest BCUT2D eigenvalue weighted by Gasteiger charge is -2.36. The summed E-state index contributed by atoms with van der Waals surface area (Å²) >= 11 is 0. The SMILES string of the molecule is CC#CC(=O)c1cc2c(-c3ccc(F)cc3F)nc(N3C[C@@H](C)O[C@@H](c4cnn(C5CC5)c4)C3)nc2nc1C. The molecule has 2 atom stereocenters. The molecule has 0 unspecified atom stereocenters. The quantitative estimate of drug-likeness (QED) is 0.205. The Labute approximate surface area is 224 Å². The highest BCUT2D eigenvalue weighted by Gasteiger charge is 2.32. The summed E-state index contributed by atoms with van der Waals surface area (Å²) in [5.74, 6) is 3.59.